The molecule has 0 aliphatic heterocycles. The van der Waals surface area contributed by atoms with E-state index in [1.165, 1.54) is 0 Å². The highest BCUT2D eigenvalue weighted by molar-refractivity contribution is 7.09. The highest BCUT2D eigenvalue weighted by atomic mass is 35.5. The van der Waals surface area contributed by atoms with Gasteiger partial charge in [0.2, 0.25) is 5.91 Å². The molecule has 0 saturated heterocycles. The van der Waals surface area contributed by atoms with Crippen molar-refractivity contribution in [3.05, 3.63) is 74.7 Å². The minimum Gasteiger partial charge on any atom is -0.486 e. The van der Waals surface area contributed by atoms with Gasteiger partial charge in [-0.1, -0.05) is 29.8 Å². The van der Waals surface area contributed by atoms with Gasteiger partial charge in [0.25, 0.3) is 5.91 Å². The maximum absolute atomic E-state index is 12.6. The number of nitrogens with zero attached hydrogens (tertiary/aromatic N) is 1. The highest BCUT2D eigenvalue weighted by Crippen LogP contribution is 2.23. The normalized spacial score (nSPS) is 10.4. The van der Waals surface area contributed by atoms with Gasteiger partial charge in [0.05, 0.1) is 22.8 Å². The largest absolute Gasteiger partial charge is 0.486 e. The number of thiazole rings is 1. The molecule has 150 valence electrons. The number of aromatic nitrogens is 1. The maximum atomic E-state index is 12.6. The number of hydrogen-bond donors (Lipinski definition) is 2. The van der Waals surface area contributed by atoms with Crippen LogP contribution in [-0.2, 0) is 11.4 Å². The predicted molar refractivity (Wildman–Crippen MR) is 115 cm³/mol. The van der Waals surface area contributed by atoms with Crippen LogP contribution in [0.2, 0.25) is 5.02 Å². The van der Waals surface area contributed by atoms with Crippen molar-refractivity contribution in [3.63, 3.8) is 0 Å². The molecule has 2 aromatic carbocycles. The lowest BCUT2D eigenvalue weighted by Crippen LogP contribution is -2.33. The Bertz CT molecular complexity index is 1040. The summed E-state index contributed by atoms with van der Waals surface area (Å²) in [5.74, 6) is -0.310. The number of anilines is 1. The summed E-state index contributed by atoms with van der Waals surface area (Å²) in [7, 11) is 0. The molecule has 2 amide bonds. The minimum atomic E-state index is -0.395. The quantitative estimate of drug-likeness (QED) is 0.584. The van der Waals surface area contributed by atoms with Gasteiger partial charge in [-0.2, -0.15) is 0 Å². The molecule has 3 rings (SSSR count). The maximum Gasteiger partial charge on any atom is 0.255 e. The van der Waals surface area contributed by atoms with Crippen molar-refractivity contribution in [1.82, 2.24) is 10.3 Å². The van der Waals surface area contributed by atoms with Gasteiger partial charge in [0.15, 0.2) is 0 Å². The topological polar surface area (TPSA) is 80.3 Å². The standard InChI is InChI=1S/C21H20ClN3O3S/c1-13-17(22)7-5-8-18(13)25-20(26)10-23-21(27)16-6-3-4-9-19(16)28-11-15-12-29-14(2)24-15/h3-9,12H,10-11H2,1-2H3,(H,23,27)(H,25,26). The van der Waals surface area contributed by atoms with E-state index in [2.05, 4.69) is 15.6 Å². The molecule has 0 aliphatic rings. The van der Waals surface area contributed by atoms with E-state index in [9.17, 15) is 9.59 Å². The molecule has 6 nitrogen and oxygen atoms in total. The first kappa shape index (κ1) is 20.8. The highest BCUT2D eigenvalue weighted by Gasteiger charge is 2.14. The lowest BCUT2D eigenvalue weighted by atomic mass is 10.2. The Labute approximate surface area is 177 Å². The van der Waals surface area contributed by atoms with Crippen molar-refractivity contribution < 1.29 is 14.3 Å². The van der Waals surface area contributed by atoms with Crippen molar-refractivity contribution >= 4 is 40.4 Å². The number of amides is 2. The summed E-state index contributed by atoms with van der Waals surface area (Å²) in [5.41, 5.74) is 2.54. The van der Waals surface area contributed by atoms with Crippen molar-refractivity contribution in [1.29, 1.82) is 0 Å². The Morgan fingerprint density at radius 2 is 1.93 bits per heavy atom. The van der Waals surface area contributed by atoms with Crippen LogP contribution in [0.3, 0.4) is 0 Å². The van der Waals surface area contributed by atoms with Crippen LogP contribution in [0, 0.1) is 13.8 Å². The molecule has 8 heteroatoms. The molecule has 0 saturated carbocycles. The zero-order valence-electron chi connectivity index (χ0n) is 16.0. The molecule has 0 bridgehead atoms. The van der Waals surface area contributed by atoms with Gasteiger partial charge in [0, 0.05) is 16.1 Å². The molecule has 0 aliphatic carbocycles. The van der Waals surface area contributed by atoms with Gasteiger partial charge in [0.1, 0.15) is 12.4 Å². The molecular weight excluding hydrogens is 410 g/mol. The molecular formula is C21H20ClN3O3S. The first-order valence-corrected chi connectivity index (χ1v) is 10.2. The second kappa shape index (κ2) is 9.54. The number of para-hydroxylation sites is 1. The average molecular weight is 430 g/mol. The number of halogens is 1. The summed E-state index contributed by atoms with van der Waals surface area (Å²) in [6.45, 7) is 3.83. The molecule has 0 fully saturated rings. The summed E-state index contributed by atoms with van der Waals surface area (Å²) in [4.78, 5) is 29.1. The van der Waals surface area contributed by atoms with Crippen LogP contribution in [0.25, 0.3) is 0 Å². The Morgan fingerprint density at radius 1 is 1.14 bits per heavy atom. The number of benzene rings is 2. The predicted octanol–water partition coefficient (Wildman–Crippen LogP) is 4.36. The van der Waals surface area contributed by atoms with E-state index in [0.29, 0.717) is 22.0 Å². The van der Waals surface area contributed by atoms with Crippen LogP contribution in [0.5, 0.6) is 5.75 Å². The SMILES string of the molecule is Cc1nc(COc2ccccc2C(=O)NCC(=O)Nc2cccc(Cl)c2C)cs1. The van der Waals surface area contributed by atoms with E-state index in [1.54, 1.807) is 53.8 Å². The van der Waals surface area contributed by atoms with E-state index in [4.69, 9.17) is 16.3 Å². The third-order valence-corrected chi connectivity index (χ3v) is 5.36. The van der Waals surface area contributed by atoms with Gasteiger partial charge in [-0.05, 0) is 43.7 Å². The van der Waals surface area contributed by atoms with E-state index in [1.807, 2.05) is 19.2 Å². The molecule has 0 radical (unpaired) electrons. The Hall–Kier alpha value is -2.90. The first-order valence-electron chi connectivity index (χ1n) is 8.90. The molecule has 0 atom stereocenters. The number of aryl methyl sites for hydroxylation is 1. The fourth-order valence-electron chi connectivity index (χ4n) is 2.60. The smallest absolute Gasteiger partial charge is 0.255 e. The minimum absolute atomic E-state index is 0.176. The lowest BCUT2D eigenvalue weighted by molar-refractivity contribution is -0.115. The molecule has 29 heavy (non-hydrogen) atoms. The number of ether oxygens (including phenoxy) is 1. The van der Waals surface area contributed by atoms with E-state index >= 15 is 0 Å². The van der Waals surface area contributed by atoms with Crippen LogP contribution in [0.4, 0.5) is 5.69 Å². The number of carbonyl (C=O) groups excluding carboxylic acids is 2. The fraction of sp³-hybridized carbons (Fsp3) is 0.190. The molecule has 1 aromatic heterocycles. The van der Waals surface area contributed by atoms with Crippen molar-refractivity contribution in [2.45, 2.75) is 20.5 Å². The van der Waals surface area contributed by atoms with Crippen LogP contribution in [0.15, 0.2) is 47.8 Å². The van der Waals surface area contributed by atoms with Crippen molar-refractivity contribution in [2.75, 3.05) is 11.9 Å². The zero-order valence-corrected chi connectivity index (χ0v) is 17.6. The van der Waals surface area contributed by atoms with Crippen LogP contribution >= 0.6 is 22.9 Å². The Balaban J connectivity index is 1.59. The van der Waals surface area contributed by atoms with E-state index < -0.39 is 5.91 Å². The van der Waals surface area contributed by atoms with Gasteiger partial charge in [-0.15, -0.1) is 11.3 Å². The number of nitrogens with one attached hydrogen (secondary N) is 2. The van der Waals surface area contributed by atoms with Crippen LogP contribution < -0.4 is 15.4 Å². The third-order valence-electron chi connectivity index (χ3n) is 4.13. The summed E-state index contributed by atoms with van der Waals surface area (Å²) < 4.78 is 5.76. The molecule has 1 heterocycles. The van der Waals surface area contributed by atoms with Gasteiger partial charge in [-0.3, -0.25) is 9.59 Å². The summed E-state index contributed by atoms with van der Waals surface area (Å²) in [6, 6.07) is 12.1. The second-order valence-corrected chi connectivity index (χ2v) is 7.76. The molecule has 2 N–H and O–H groups in total. The Kier molecular flexibility index (Phi) is 6.85. The zero-order chi connectivity index (χ0) is 20.8. The third kappa shape index (κ3) is 5.56. The van der Waals surface area contributed by atoms with Gasteiger partial charge >= 0.3 is 0 Å². The number of hydrogen-bond acceptors (Lipinski definition) is 5. The molecule has 0 spiro atoms. The fourth-order valence-corrected chi connectivity index (χ4v) is 3.37. The Morgan fingerprint density at radius 3 is 2.69 bits per heavy atom. The van der Waals surface area contributed by atoms with Crippen LogP contribution in [0.1, 0.15) is 26.6 Å². The van der Waals surface area contributed by atoms with Gasteiger partial charge in [-0.25, -0.2) is 4.98 Å². The van der Waals surface area contributed by atoms with Crippen LogP contribution in [-0.4, -0.2) is 23.3 Å². The molecule has 0 unspecified atom stereocenters. The van der Waals surface area contributed by atoms with Crippen molar-refractivity contribution in [2.24, 2.45) is 0 Å². The second-order valence-electron chi connectivity index (χ2n) is 6.29. The van der Waals surface area contributed by atoms with E-state index in [-0.39, 0.29) is 19.1 Å². The van der Waals surface area contributed by atoms with Gasteiger partial charge < -0.3 is 15.4 Å². The molecule has 3 aromatic rings. The van der Waals surface area contributed by atoms with Crippen molar-refractivity contribution in [3.8, 4) is 5.75 Å². The summed E-state index contributed by atoms with van der Waals surface area (Å²) in [6.07, 6.45) is 0. The average Bonchev–Trinajstić information content (AvgIpc) is 3.13. The lowest BCUT2D eigenvalue weighted by Gasteiger charge is -2.12. The summed E-state index contributed by atoms with van der Waals surface area (Å²) >= 11 is 7.60. The number of rotatable bonds is 7. The monoisotopic (exact) mass is 429 g/mol. The first-order chi connectivity index (χ1) is 13.9. The number of carbonyl (C=O) groups is 2. The van der Waals surface area contributed by atoms with E-state index in [0.717, 1.165) is 16.3 Å². The summed E-state index contributed by atoms with van der Waals surface area (Å²) in [5, 5.41) is 8.80.